The van der Waals surface area contributed by atoms with Crippen LogP contribution in [-0.2, 0) is 19.4 Å². The molecule has 1 N–H and O–H groups in total. The third-order valence-electron chi connectivity index (χ3n) is 6.35. The highest BCUT2D eigenvalue weighted by Crippen LogP contribution is 2.33. The second kappa shape index (κ2) is 9.57. The van der Waals surface area contributed by atoms with Crippen LogP contribution in [0.2, 0.25) is 0 Å². The summed E-state index contributed by atoms with van der Waals surface area (Å²) in [6.07, 6.45) is 1.62. The Morgan fingerprint density at radius 1 is 0.613 bits per heavy atom. The summed E-state index contributed by atoms with van der Waals surface area (Å²) in [6.45, 7) is 10.6. The molecular formula is C28H34O3. The molecule has 0 aliphatic heterocycles. The summed E-state index contributed by atoms with van der Waals surface area (Å²) < 4.78 is 11.4. The Morgan fingerprint density at radius 2 is 1.19 bits per heavy atom. The molecule has 0 spiro atoms. The van der Waals surface area contributed by atoms with Gasteiger partial charge in [-0.2, -0.15) is 0 Å². The quantitative estimate of drug-likeness (QED) is 0.518. The van der Waals surface area contributed by atoms with E-state index in [2.05, 4.69) is 71.0 Å². The Bertz CT molecular complexity index is 1100. The molecule has 3 nitrogen and oxygen atoms in total. The Kier molecular flexibility index (Phi) is 7.07. The minimum atomic E-state index is 0.0750. The van der Waals surface area contributed by atoms with Crippen LogP contribution in [0.5, 0.6) is 11.5 Å². The topological polar surface area (TPSA) is 38.7 Å². The van der Waals surface area contributed by atoms with E-state index in [-0.39, 0.29) is 6.61 Å². The third kappa shape index (κ3) is 4.77. The molecule has 0 fully saturated rings. The summed E-state index contributed by atoms with van der Waals surface area (Å²) in [5.41, 5.74) is 11.9. The number of ether oxygens (including phenoxy) is 2. The van der Waals surface area contributed by atoms with E-state index in [9.17, 15) is 5.11 Å². The van der Waals surface area contributed by atoms with Crippen LogP contribution in [0.25, 0.3) is 0 Å². The molecule has 0 heterocycles. The van der Waals surface area contributed by atoms with Gasteiger partial charge in [0, 0.05) is 18.4 Å². The zero-order valence-corrected chi connectivity index (χ0v) is 19.8. The molecule has 0 amide bonds. The lowest BCUT2D eigenvalue weighted by atomic mass is 9.90. The lowest BCUT2D eigenvalue weighted by Crippen LogP contribution is -2.04. The van der Waals surface area contributed by atoms with E-state index in [1.807, 2.05) is 0 Å². The smallest absolute Gasteiger partial charge is 0.126 e. The van der Waals surface area contributed by atoms with Crippen LogP contribution in [0.1, 0.15) is 55.6 Å². The first-order chi connectivity index (χ1) is 14.8. The van der Waals surface area contributed by atoms with Gasteiger partial charge in [0.2, 0.25) is 0 Å². The van der Waals surface area contributed by atoms with Gasteiger partial charge in [0.25, 0.3) is 0 Å². The maximum Gasteiger partial charge on any atom is 0.126 e. The van der Waals surface area contributed by atoms with E-state index in [0.717, 1.165) is 41.0 Å². The maximum atomic E-state index is 9.56. The van der Waals surface area contributed by atoms with Crippen LogP contribution >= 0.6 is 0 Å². The largest absolute Gasteiger partial charge is 0.496 e. The number of rotatable bonds is 7. The van der Waals surface area contributed by atoms with Gasteiger partial charge in [-0.25, -0.2) is 0 Å². The van der Waals surface area contributed by atoms with Gasteiger partial charge in [0.15, 0.2) is 0 Å². The molecule has 0 unspecified atom stereocenters. The van der Waals surface area contributed by atoms with E-state index in [1.54, 1.807) is 14.2 Å². The van der Waals surface area contributed by atoms with Crippen molar-refractivity contribution >= 4 is 0 Å². The van der Waals surface area contributed by atoms with E-state index >= 15 is 0 Å². The average Bonchev–Trinajstić information content (AvgIpc) is 2.74. The molecule has 0 aliphatic carbocycles. The van der Waals surface area contributed by atoms with Crippen molar-refractivity contribution in [2.45, 2.75) is 54.1 Å². The summed E-state index contributed by atoms with van der Waals surface area (Å²) in [5.74, 6) is 1.90. The molecule has 3 aromatic carbocycles. The number of hydrogen-bond acceptors (Lipinski definition) is 3. The van der Waals surface area contributed by atoms with Crippen molar-refractivity contribution in [1.82, 2.24) is 0 Å². The number of aliphatic hydroxyl groups is 1. The van der Waals surface area contributed by atoms with Gasteiger partial charge >= 0.3 is 0 Å². The second-order valence-electron chi connectivity index (χ2n) is 8.52. The van der Waals surface area contributed by atoms with Crippen LogP contribution in [0.4, 0.5) is 0 Å². The van der Waals surface area contributed by atoms with Gasteiger partial charge in [-0.3, -0.25) is 0 Å². The number of hydrogen-bond donors (Lipinski definition) is 1. The van der Waals surface area contributed by atoms with Crippen LogP contribution < -0.4 is 9.47 Å². The number of aryl methyl sites for hydroxylation is 5. The summed E-state index contributed by atoms with van der Waals surface area (Å²) in [6, 6.07) is 13.0. The molecule has 164 valence electrons. The van der Waals surface area contributed by atoms with Crippen LogP contribution in [-0.4, -0.2) is 19.3 Å². The lowest BCUT2D eigenvalue weighted by molar-refractivity contribution is 0.281. The molecule has 0 atom stereocenters. The van der Waals surface area contributed by atoms with Gasteiger partial charge in [-0.05, 0) is 90.8 Å². The van der Waals surface area contributed by atoms with Crippen molar-refractivity contribution in [3.8, 4) is 11.5 Å². The standard InChI is InChI=1S/C28H34O3/c1-17-8-9-22(14-23-10-19(3)25(16-29)11-18(23)2)28(31-7)26(17)15-24-12-21(5)27(30-6)13-20(24)4/h8-13,29H,14-16H2,1-7H3. The predicted octanol–water partition coefficient (Wildman–Crippen LogP) is 5.92. The van der Waals surface area contributed by atoms with E-state index in [0.29, 0.717) is 0 Å². The Morgan fingerprint density at radius 3 is 1.84 bits per heavy atom. The van der Waals surface area contributed by atoms with Crippen LogP contribution in [0, 0.1) is 34.6 Å². The molecule has 0 saturated carbocycles. The first kappa shape index (κ1) is 22.9. The molecule has 0 aliphatic rings. The molecule has 3 heteroatoms. The summed E-state index contributed by atoms with van der Waals surface area (Å²) >= 11 is 0. The number of methoxy groups -OCH3 is 2. The molecule has 3 rings (SSSR count). The summed E-state index contributed by atoms with van der Waals surface area (Å²) in [7, 11) is 3.48. The van der Waals surface area contributed by atoms with Crippen molar-refractivity contribution in [1.29, 1.82) is 0 Å². The predicted molar refractivity (Wildman–Crippen MR) is 128 cm³/mol. The first-order valence-electron chi connectivity index (χ1n) is 10.8. The third-order valence-corrected chi connectivity index (χ3v) is 6.35. The molecule has 0 aromatic heterocycles. The Hall–Kier alpha value is -2.78. The van der Waals surface area contributed by atoms with Crippen molar-refractivity contribution in [3.05, 3.63) is 92.0 Å². The zero-order chi connectivity index (χ0) is 22.7. The maximum absolute atomic E-state index is 9.56. The molecule has 3 aromatic rings. The van der Waals surface area contributed by atoms with Crippen molar-refractivity contribution < 1.29 is 14.6 Å². The SMILES string of the molecule is COc1cc(C)c(Cc2c(C)ccc(Cc3cc(C)c(CO)cc3C)c2OC)cc1C. The number of aliphatic hydroxyl groups excluding tert-OH is 1. The highest BCUT2D eigenvalue weighted by atomic mass is 16.5. The van der Waals surface area contributed by atoms with Gasteiger partial charge in [-0.15, -0.1) is 0 Å². The zero-order valence-electron chi connectivity index (χ0n) is 19.8. The second-order valence-corrected chi connectivity index (χ2v) is 8.52. The highest BCUT2D eigenvalue weighted by molar-refractivity contribution is 5.53. The fourth-order valence-corrected chi connectivity index (χ4v) is 4.34. The van der Waals surface area contributed by atoms with Crippen LogP contribution in [0.3, 0.4) is 0 Å². The van der Waals surface area contributed by atoms with E-state index < -0.39 is 0 Å². The average molecular weight is 419 g/mol. The first-order valence-corrected chi connectivity index (χ1v) is 10.8. The minimum absolute atomic E-state index is 0.0750. The molecular weight excluding hydrogens is 384 g/mol. The summed E-state index contributed by atoms with van der Waals surface area (Å²) in [4.78, 5) is 0. The van der Waals surface area contributed by atoms with Crippen molar-refractivity contribution in [2.24, 2.45) is 0 Å². The monoisotopic (exact) mass is 418 g/mol. The van der Waals surface area contributed by atoms with Gasteiger partial charge in [0.1, 0.15) is 11.5 Å². The van der Waals surface area contributed by atoms with E-state index in [4.69, 9.17) is 9.47 Å². The van der Waals surface area contributed by atoms with Gasteiger partial charge in [-0.1, -0.05) is 30.3 Å². The lowest BCUT2D eigenvalue weighted by Gasteiger charge is -2.19. The molecule has 0 saturated heterocycles. The van der Waals surface area contributed by atoms with Gasteiger partial charge < -0.3 is 14.6 Å². The van der Waals surface area contributed by atoms with Crippen LogP contribution in [0.15, 0.2) is 36.4 Å². The van der Waals surface area contributed by atoms with Crippen molar-refractivity contribution in [3.63, 3.8) is 0 Å². The van der Waals surface area contributed by atoms with Crippen molar-refractivity contribution in [2.75, 3.05) is 14.2 Å². The fraction of sp³-hybridized carbons (Fsp3) is 0.357. The summed E-state index contributed by atoms with van der Waals surface area (Å²) in [5, 5.41) is 9.56. The molecule has 0 bridgehead atoms. The minimum Gasteiger partial charge on any atom is -0.496 e. The highest BCUT2D eigenvalue weighted by Gasteiger charge is 2.16. The Labute approximate surface area is 186 Å². The van der Waals surface area contributed by atoms with E-state index in [1.165, 1.54) is 38.9 Å². The van der Waals surface area contributed by atoms with Gasteiger partial charge in [0.05, 0.1) is 20.8 Å². The fourth-order valence-electron chi connectivity index (χ4n) is 4.34. The normalized spacial score (nSPS) is 11.0. The molecule has 31 heavy (non-hydrogen) atoms. The number of benzene rings is 3. The Balaban J connectivity index is 2.02. The molecule has 0 radical (unpaired) electrons.